The van der Waals surface area contributed by atoms with Crippen molar-refractivity contribution in [1.29, 1.82) is 0 Å². The molecule has 2 heterocycles. The lowest BCUT2D eigenvalue weighted by molar-refractivity contribution is 0.167. The second kappa shape index (κ2) is 4.60. The molecule has 0 aromatic carbocycles. The van der Waals surface area contributed by atoms with E-state index in [2.05, 4.69) is 29.5 Å². The monoisotopic (exact) mass is 197 g/mol. The zero-order valence-electron chi connectivity index (χ0n) is 9.42. The molecule has 2 aliphatic rings. The van der Waals surface area contributed by atoms with Crippen LogP contribution in [0, 0.1) is 5.92 Å². The third-order valence-corrected chi connectivity index (χ3v) is 3.62. The van der Waals surface area contributed by atoms with Crippen LogP contribution in [-0.4, -0.2) is 50.2 Å². The molecule has 14 heavy (non-hydrogen) atoms. The van der Waals surface area contributed by atoms with Crippen LogP contribution < -0.4 is 10.6 Å². The highest BCUT2D eigenvalue weighted by atomic mass is 15.1. The van der Waals surface area contributed by atoms with Crippen molar-refractivity contribution in [3.05, 3.63) is 0 Å². The van der Waals surface area contributed by atoms with Gasteiger partial charge in [-0.2, -0.15) is 0 Å². The Morgan fingerprint density at radius 2 is 2.21 bits per heavy atom. The third kappa shape index (κ3) is 2.47. The molecule has 2 rings (SSSR count). The lowest BCUT2D eigenvalue weighted by Crippen LogP contribution is -2.50. The quantitative estimate of drug-likeness (QED) is 0.666. The van der Waals surface area contributed by atoms with Crippen molar-refractivity contribution in [3.8, 4) is 0 Å². The first-order valence-corrected chi connectivity index (χ1v) is 5.91. The number of nitrogens with one attached hydrogen (secondary N) is 2. The molecule has 2 fully saturated rings. The van der Waals surface area contributed by atoms with Crippen LogP contribution in [0.25, 0.3) is 0 Å². The van der Waals surface area contributed by atoms with Crippen molar-refractivity contribution in [2.75, 3.05) is 33.2 Å². The van der Waals surface area contributed by atoms with Crippen LogP contribution in [0.2, 0.25) is 0 Å². The van der Waals surface area contributed by atoms with Crippen LogP contribution in [0.4, 0.5) is 0 Å². The summed E-state index contributed by atoms with van der Waals surface area (Å²) in [6.45, 7) is 7.23. The summed E-state index contributed by atoms with van der Waals surface area (Å²) in [6, 6.07) is 1.47. The number of nitrogens with zero attached hydrogens (tertiary/aromatic N) is 1. The smallest absolute Gasteiger partial charge is 0.0207 e. The van der Waals surface area contributed by atoms with Gasteiger partial charge >= 0.3 is 0 Å². The number of likely N-dealkylation sites (tertiary alicyclic amines) is 1. The fourth-order valence-electron chi connectivity index (χ4n) is 2.70. The second-order valence-corrected chi connectivity index (χ2v) is 4.99. The minimum atomic E-state index is 0.728. The van der Waals surface area contributed by atoms with Crippen LogP contribution in [-0.2, 0) is 0 Å². The Balaban J connectivity index is 1.79. The van der Waals surface area contributed by atoms with Gasteiger partial charge in [-0.25, -0.2) is 0 Å². The first kappa shape index (κ1) is 10.4. The van der Waals surface area contributed by atoms with Gasteiger partial charge in [0.15, 0.2) is 0 Å². The van der Waals surface area contributed by atoms with E-state index in [4.69, 9.17) is 0 Å². The first-order valence-electron chi connectivity index (χ1n) is 5.91. The molecular weight excluding hydrogens is 174 g/mol. The maximum absolute atomic E-state index is 3.80. The van der Waals surface area contributed by atoms with Crippen molar-refractivity contribution in [3.63, 3.8) is 0 Å². The van der Waals surface area contributed by atoms with Gasteiger partial charge in [0.2, 0.25) is 0 Å². The van der Waals surface area contributed by atoms with E-state index in [1.165, 1.54) is 39.0 Å². The van der Waals surface area contributed by atoms with Gasteiger partial charge < -0.3 is 15.5 Å². The molecule has 2 aliphatic heterocycles. The minimum absolute atomic E-state index is 0.728. The molecule has 0 aromatic rings. The van der Waals surface area contributed by atoms with Gasteiger partial charge in [-0.1, -0.05) is 6.92 Å². The van der Waals surface area contributed by atoms with Gasteiger partial charge in [0.25, 0.3) is 0 Å². The highest BCUT2D eigenvalue weighted by molar-refractivity contribution is 4.87. The largest absolute Gasteiger partial charge is 0.315 e. The van der Waals surface area contributed by atoms with Crippen molar-refractivity contribution >= 4 is 0 Å². The van der Waals surface area contributed by atoms with Gasteiger partial charge in [-0.15, -0.1) is 0 Å². The van der Waals surface area contributed by atoms with E-state index >= 15 is 0 Å². The van der Waals surface area contributed by atoms with E-state index < -0.39 is 0 Å². The summed E-state index contributed by atoms with van der Waals surface area (Å²) in [7, 11) is 2.23. The number of rotatable bonds is 2. The SMILES string of the molecule is CC1CN(C)CCC1NC1CCNC1. The maximum Gasteiger partial charge on any atom is 0.0207 e. The van der Waals surface area contributed by atoms with Crippen molar-refractivity contribution in [2.45, 2.75) is 31.8 Å². The van der Waals surface area contributed by atoms with E-state index in [1.54, 1.807) is 0 Å². The number of hydrogen-bond acceptors (Lipinski definition) is 3. The Kier molecular flexibility index (Phi) is 3.42. The Morgan fingerprint density at radius 3 is 2.86 bits per heavy atom. The summed E-state index contributed by atoms with van der Waals surface area (Å²) in [6.07, 6.45) is 2.62. The van der Waals surface area contributed by atoms with E-state index in [9.17, 15) is 0 Å². The molecule has 0 aromatic heterocycles. The molecule has 0 spiro atoms. The molecule has 0 saturated carbocycles. The molecular formula is C11H23N3. The molecule has 3 unspecified atom stereocenters. The highest BCUT2D eigenvalue weighted by Crippen LogP contribution is 2.16. The molecule has 3 nitrogen and oxygen atoms in total. The van der Waals surface area contributed by atoms with Crippen LogP contribution >= 0.6 is 0 Å². The average Bonchev–Trinajstić information content (AvgIpc) is 2.62. The Hall–Kier alpha value is -0.120. The summed E-state index contributed by atoms with van der Waals surface area (Å²) in [5, 5.41) is 7.21. The van der Waals surface area contributed by atoms with Crippen LogP contribution in [0.5, 0.6) is 0 Å². The summed E-state index contributed by atoms with van der Waals surface area (Å²) >= 11 is 0. The van der Waals surface area contributed by atoms with E-state index in [0.717, 1.165) is 18.0 Å². The normalized spacial score (nSPS) is 40.3. The zero-order valence-corrected chi connectivity index (χ0v) is 9.42. The van der Waals surface area contributed by atoms with E-state index in [1.807, 2.05) is 0 Å². The zero-order chi connectivity index (χ0) is 9.97. The van der Waals surface area contributed by atoms with Crippen LogP contribution in [0.1, 0.15) is 19.8 Å². The van der Waals surface area contributed by atoms with Crippen molar-refractivity contribution in [1.82, 2.24) is 15.5 Å². The molecule has 2 N–H and O–H groups in total. The highest BCUT2D eigenvalue weighted by Gasteiger charge is 2.26. The Bertz CT molecular complexity index is 177. The molecule has 0 amide bonds. The van der Waals surface area contributed by atoms with Crippen molar-refractivity contribution < 1.29 is 0 Å². The minimum Gasteiger partial charge on any atom is -0.315 e. The average molecular weight is 197 g/mol. The topological polar surface area (TPSA) is 27.3 Å². The van der Waals surface area contributed by atoms with Gasteiger partial charge in [-0.05, 0) is 38.9 Å². The van der Waals surface area contributed by atoms with Gasteiger partial charge in [0, 0.05) is 25.2 Å². The first-order chi connectivity index (χ1) is 6.75. The number of piperidine rings is 1. The van der Waals surface area contributed by atoms with Crippen molar-refractivity contribution in [2.24, 2.45) is 5.92 Å². The fourth-order valence-corrected chi connectivity index (χ4v) is 2.70. The molecule has 82 valence electrons. The van der Waals surface area contributed by atoms with Gasteiger partial charge in [-0.3, -0.25) is 0 Å². The van der Waals surface area contributed by atoms with E-state index in [-0.39, 0.29) is 0 Å². The molecule has 0 bridgehead atoms. The molecule has 0 aliphatic carbocycles. The maximum atomic E-state index is 3.80. The van der Waals surface area contributed by atoms with Crippen LogP contribution in [0.3, 0.4) is 0 Å². The predicted molar refractivity (Wildman–Crippen MR) is 59.5 cm³/mol. The van der Waals surface area contributed by atoms with Crippen LogP contribution in [0.15, 0.2) is 0 Å². The molecule has 0 radical (unpaired) electrons. The van der Waals surface area contributed by atoms with Gasteiger partial charge in [0.1, 0.15) is 0 Å². The summed E-state index contributed by atoms with van der Waals surface area (Å²) in [4.78, 5) is 2.44. The Labute approximate surface area is 87.2 Å². The third-order valence-electron chi connectivity index (χ3n) is 3.62. The fraction of sp³-hybridized carbons (Fsp3) is 1.00. The predicted octanol–water partition coefficient (Wildman–Crippen LogP) is 0.278. The standard InChI is InChI=1S/C11H23N3/c1-9-8-14(2)6-4-11(9)13-10-3-5-12-7-10/h9-13H,3-8H2,1-2H3. The van der Waals surface area contributed by atoms with E-state index in [0.29, 0.717) is 0 Å². The molecule has 3 heteroatoms. The number of hydrogen-bond donors (Lipinski definition) is 2. The second-order valence-electron chi connectivity index (χ2n) is 4.99. The molecule has 3 atom stereocenters. The lowest BCUT2D eigenvalue weighted by Gasteiger charge is -2.36. The lowest BCUT2D eigenvalue weighted by atomic mass is 9.93. The summed E-state index contributed by atoms with van der Waals surface area (Å²) < 4.78 is 0. The summed E-state index contributed by atoms with van der Waals surface area (Å²) in [5.41, 5.74) is 0. The summed E-state index contributed by atoms with van der Waals surface area (Å²) in [5.74, 6) is 0.800. The van der Waals surface area contributed by atoms with Gasteiger partial charge in [0.05, 0.1) is 0 Å². The Morgan fingerprint density at radius 1 is 1.36 bits per heavy atom. The molecule has 2 saturated heterocycles.